The van der Waals surface area contributed by atoms with Crippen LogP contribution in [0.4, 0.5) is 0 Å². The van der Waals surface area contributed by atoms with Crippen molar-refractivity contribution in [2.24, 2.45) is 5.92 Å². The standard InChI is InChI=1S/C16H20ClNOS/c1-10(2)16(18-3)15-8-7-14(20-15)12-9-11(19-4)5-6-13(12)17/h5-10,16,18H,1-4H3. The van der Waals surface area contributed by atoms with Gasteiger partial charge in [-0.15, -0.1) is 11.3 Å². The lowest BCUT2D eigenvalue weighted by Crippen LogP contribution is -2.20. The third kappa shape index (κ3) is 3.17. The number of hydrogen-bond donors (Lipinski definition) is 1. The molecule has 2 aromatic rings. The van der Waals surface area contributed by atoms with Crippen LogP contribution in [0.15, 0.2) is 30.3 Å². The highest BCUT2D eigenvalue weighted by Crippen LogP contribution is 2.38. The molecular formula is C16H20ClNOS. The topological polar surface area (TPSA) is 21.3 Å². The Morgan fingerprint density at radius 3 is 2.55 bits per heavy atom. The van der Waals surface area contributed by atoms with Crippen molar-refractivity contribution in [1.29, 1.82) is 0 Å². The van der Waals surface area contributed by atoms with Crippen molar-refractivity contribution in [2.45, 2.75) is 19.9 Å². The maximum absolute atomic E-state index is 6.31. The van der Waals surface area contributed by atoms with E-state index in [4.69, 9.17) is 16.3 Å². The fraction of sp³-hybridized carbons (Fsp3) is 0.375. The molecule has 0 amide bonds. The number of thiophene rings is 1. The first kappa shape index (κ1) is 15.4. The summed E-state index contributed by atoms with van der Waals surface area (Å²) in [5, 5.41) is 4.13. The van der Waals surface area contributed by atoms with Gasteiger partial charge in [0, 0.05) is 26.4 Å². The van der Waals surface area contributed by atoms with Crippen molar-refractivity contribution in [2.75, 3.05) is 14.2 Å². The fourth-order valence-corrected chi connectivity index (χ4v) is 3.89. The SMILES string of the molecule is CNC(c1ccc(-c2cc(OC)ccc2Cl)s1)C(C)C. The highest BCUT2D eigenvalue weighted by molar-refractivity contribution is 7.15. The molecule has 1 heterocycles. The van der Waals surface area contributed by atoms with Crippen LogP contribution in [0.3, 0.4) is 0 Å². The highest BCUT2D eigenvalue weighted by atomic mass is 35.5. The van der Waals surface area contributed by atoms with Gasteiger partial charge in [0.15, 0.2) is 0 Å². The smallest absolute Gasteiger partial charge is 0.119 e. The third-order valence-corrected chi connectivity index (χ3v) is 4.88. The van der Waals surface area contributed by atoms with Crippen molar-refractivity contribution in [3.05, 3.63) is 40.2 Å². The van der Waals surface area contributed by atoms with Crippen molar-refractivity contribution in [1.82, 2.24) is 5.32 Å². The second-order valence-electron chi connectivity index (χ2n) is 5.06. The number of rotatable bonds is 5. The summed E-state index contributed by atoms with van der Waals surface area (Å²) in [6.07, 6.45) is 0. The van der Waals surface area contributed by atoms with Gasteiger partial charge in [0.25, 0.3) is 0 Å². The zero-order chi connectivity index (χ0) is 14.7. The molecule has 0 aliphatic carbocycles. The summed E-state index contributed by atoms with van der Waals surface area (Å²) in [4.78, 5) is 2.50. The first-order chi connectivity index (χ1) is 9.56. The predicted octanol–water partition coefficient (Wildman–Crippen LogP) is 4.99. The Kier molecular flexibility index (Phi) is 5.08. The summed E-state index contributed by atoms with van der Waals surface area (Å²) in [6.45, 7) is 4.44. The van der Waals surface area contributed by atoms with Crippen molar-refractivity contribution in [3.63, 3.8) is 0 Å². The van der Waals surface area contributed by atoms with E-state index >= 15 is 0 Å². The molecule has 4 heteroatoms. The molecule has 1 aromatic carbocycles. The predicted molar refractivity (Wildman–Crippen MR) is 88.0 cm³/mol. The van der Waals surface area contributed by atoms with E-state index in [1.807, 2.05) is 25.2 Å². The summed E-state index contributed by atoms with van der Waals surface area (Å²) in [5.41, 5.74) is 1.03. The van der Waals surface area contributed by atoms with E-state index in [1.165, 1.54) is 9.75 Å². The lowest BCUT2D eigenvalue weighted by molar-refractivity contribution is 0.415. The number of methoxy groups -OCH3 is 1. The number of halogens is 1. The second kappa shape index (κ2) is 6.61. The Morgan fingerprint density at radius 1 is 1.20 bits per heavy atom. The summed E-state index contributed by atoms with van der Waals surface area (Å²) in [6, 6.07) is 10.4. The van der Waals surface area contributed by atoms with E-state index in [-0.39, 0.29) is 0 Å². The van der Waals surface area contributed by atoms with E-state index in [0.717, 1.165) is 16.3 Å². The first-order valence-electron chi connectivity index (χ1n) is 6.67. The van der Waals surface area contributed by atoms with E-state index in [0.29, 0.717) is 12.0 Å². The van der Waals surface area contributed by atoms with Gasteiger partial charge in [-0.25, -0.2) is 0 Å². The number of benzene rings is 1. The monoisotopic (exact) mass is 309 g/mol. The molecule has 1 N–H and O–H groups in total. The van der Waals surface area contributed by atoms with Crippen LogP contribution in [0, 0.1) is 5.92 Å². The average Bonchev–Trinajstić information content (AvgIpc) is 2.89. The molecule has 0 saturated heterocycles. The van der Waals surface area contributed by atoms with Gasteiger partial charge in [-0.05, 0) is 43.3 Å². The second-order valence-corrected chi connectivity index (χ2v) is 6.58. The zero-order valence-electron chi connectivity index (χ0n) is 12.2. The molecule has 1 unspecified atom stereocenters. The maximum atomic E-state index is 6.31. The van der Waals surface area contributed by atoms with Gasteiger partial charge < -0.3 is 10.1 Å². The lowest BCUT2D eigenvalue weighted by Gasteiger charge is -2.18. The van der Waals surface area contributed by atoms with Crippen LogP contribution in [0.2, 0.25) is 5.02 Å². The van der Waals surface area contributed by atoms with Crippen LogP contribution < -0.4 is 10.1 Å². The zero-order valence-corrected chi connectivity index (χ0v) is 13.8. The van der Waals surface area contributed by atoms with Crippen molar-refractivity contribution in [3.8, 4) is 16.2 Å². The molecule has 0 radical (unpaired) electrons. The maximum Gasteiger partial charge on any atom is 0.119 e. The van der Waals surface area contributed by atoms with Crippen molar-refractivity contribution < 1.29 is 4.74 Å². The van der Waals surface area contributed by atoms with Gasteiger partial charge in [0.05, 0.1) is 7.11 Å². The Bertz CT molecular complexity index is 580. The first-order valence-corrected chi connectivity index (χ1v) is 7.87. The molecule has 0 aliphatic heterocycles. The molecule has 0 aliphatic rings. The van der Waals surface area contributed by atoms with Crippen LogP contribution in [-0.4, -0.2) is 14.2 Å². The lowest BCUT2D eigenvalue weighted by atomic mass is 10.0. The quantitative estimate of drug-likeness (QED) is 0.839. The number of ether oxygens (including phenoxy) is 1. The van der Waals surface area contributed by atoms with Crippen LogP contribution in [-0.2, 0) is 0 Å². The molecule has 108 valence electrons. The molecule has 2 rings (SSSR count). The normalized spacial score (nSPS) is 12.7. The van der Waals surface area contributed by atoms with Gasteiger partial charge in [-0.1, -0.05) is 25.4 Å². The Labute approximate surface area is 129 Å². The van der Waals surface area contributed by atoms with Crippen LogP contribution in [0.25, 0.3) is 10.4 Å². The summed E-state index contributed by atoms with van der Waals surface area (Å²) >= 11 is 8.09. The summed E-state index contributed by atoms with van der Waals surface area (Å²) in [7, 11) is 3.67. The van der Waals surface area contributed by atoms with Crippen molar-refractivity contribution >= 4 is 22.9 Å². The minimum atomic E-state index is 0.373. The molecule has 0 spiro atoms. The summed E-state index contributed by atoms with van der Waals surface area (Å²) in [5.74, 6) is 1.38. The van der Waals surface area contributed by atoms with Crippen LogP contribution in [0.1, 0.15) is 24.8 Å². The van der Waals surface area contributed by atoms with Gasteiger partial charge in [-0.3, -0.25) is 0 Å². The van der Waals surface area contributed by atoms with E-state index < -0.39 is 0 Å². The van der Waals surface area contributed by atoms with Crippen LogP contribution in [0.5, 0.6) is 5.75 Å². The number of hydrogen-bond acceptors (Lipinski definition) is 3. The molecular weight excluding hydrogens is 290 g/mol. The largest absolute Gasteiger partial charge is 0.497 e. The van der Waals surface area contributed by atoms with Gasteiger partial charge >= 0.3 is 0 Å². The van der Waals surface area contributed by atoms with E-state index in [2.05, 4.69) is 31.3 Å². The van der Waals surface area contributed by atoms with Gasteiger partial charge in [0.1, 0.15) is 5.75 Å². The molecule has 1 aromatic heterocycles. The van der Waals surface area contributed by atoms with Crippen LogP contribution >= 0.6 is 22.9 Å². The van der Waals surface area contributed by atoms with E-state index in [9.17, 15) is 0 Å². The molecule has 20 heavy (non-hydrogen) atoms. The molecule has 1 atom stereocenters. The number of nitrogens with one attached hydrogen (secondary N) is 1. The molecule has 0 fully saturated rings. The van der Waals surface area contributed by atoms with E-state index in [1.54, 1.807) is 18.4 Å². The average molecular weight is 310 g/mol. The highest BCUT2D eigenvalue weighted by Gasteiger charge is 2.17. The Morgan fingerprint density at radius 2 is 1.95 bits per heavy atom. The minimum absolute atomic E-state index is 0.373. The molecule has 0 bridgehead atoms. The third-order valence-electron chi connectivity index (χ3n) is 3.35. The Hall–Kier alpha value is -1.03. The Balaban J connectivity index is 2.37. The molecule has 0 saturated carbocycles. The fourth-order valence-electron chi connectivity index (χ4n) is 2.29. The molecule has 2 nitrogen and oxygen atoms in total. The van der Waals surface area contributed by atoms with Gasteiger partial charge in [-0.2, -0.15) is 0 Å². The summed E-state index contributed by atoms with van der Waals surface area (Å²) < 4.78 is 5.28. The van der Waals surface area contributed by atoms with Gasteiger partial charge in [0.2, 0.25) is 0 Å². The minimum Gasteiger partial charge on any atom is -0.497 e.